The number of hydrogen-bond acceptors (Lipinski definition) is 3. The minimum atomic E-state index is -0.715. The Morgan fingerprint density at radius 1 is 1.20 bits per heavy atom. The summed E-state index contributed by atoms with van der Waals surface area (Å²) in [6.45, 7) is 4.62. The molecule has 15 heavy (non-hydrogen) atoms. The van der Waals surface area contributed by atoms with E-state index in [4.69, 9.17) is 14.9 Å². The van der Waals surface area contributed by atoms with E-state index in [1.54, 1.807) is 0 Å². The maximum absolute atomic E-state index is 9.15. The van der Waals surface area contributed by atoms with Crippen LogP contribution in [0.5, 0.6) is 0 Å². The van der Waals surface area contributed by atoms with Crippen LogP contribution in [-0.2, 0) is 4.74 Å². The van der Waals surface area contributed by atoms with Gasteiger partial charge in [-0.15, -0.1) is 0 Å². The third-order valence-corrected chi connectivity index (χ3v) is 3.40. The van der Waals surface area contributed by atoms with E-state index >= 15 is 0 Å². The van der Waals surface area contributed by atoms with E-state index in [2.05, 4.69) is 13.8 Å². The second-order valence-electron chi connectivity index (χ2n) is 4.95. The van der Waals surface area contributed by atoms with Gasteiger partial charge in [-0.1, -0.05) is 13.8 Å². The van der Waals surface area contributed by atoms with Gasteiger partial charge in [0.15, 0.2) is 0 Å². The van der Waals surface area contributed by atoms with Crippen LogP contribution in [0.25, 0.3) is 0 Å². The van der Waals surface area contributed by atoms with Crippen LogP contribution in [0.4, 0.5) is 0 Å². The molecular formula is C12H24O3. The second-order valence-corrected chi connectivity index (χ2v) is 4.95. The van der Waals surface area contributed by atoms with Crippen LogP contribution >= 0.6 is 0 Å². The van der Waals surface area contributed by atoms with Gasteiger partial charge in [-0.05, 0) is 37.5 Å². The van der Waals surface area contributed by atoms with Crippen LogP contribution in [0.15, 0.2) is 0 Å². The minimum Gasteiger partial charge on any atom is -0.394 e. The fourth-order valence-corrected chi connectivity index (χ4v) is 2.22. The van der Waals surface area contributed by atoms with Crippen LogP contribution in [0.1, 0.15) is 39.5 Å². The van der Waals surface area contributed by atoms with E-state index in [1.165, 1.54) is 12.8 Å². The van der Waals surface area contributed by atoms with Crippen molar-refractivity contribution in [3.05, 3.63) is 0 Å². The molecule has 90 valence electrons. The molecule has 0 bridgehead atoms. The lowest BCUT2D eigenvalue weighted by Gasteiger charge is -2.31. The second kappa shape index (κ2) is 6.46. The van der Waals surface area contributed by atoms with E-state index < -0.39 is 6.10 Å². The van der Waals surface area contributed by atoms with Gasteiger partial charge >= 0.3 is 0 Å². The molecule has 3 nitrogen and oxygen atoms in total. The van der Waals surface area contributed by atoms with E-state index in [9.17, 15) is 0 Å². The third-order valence-electron chi connectivity index (χ3n) is 3.40. The first-order valence-corrected chi connectivity index (χ1v) is 6.04. The monoisotopic (exact) mass is 216 g/mol. The molecule has 0 spiro atoms. The molecule has 0 aromatic carbocycles. The Hall–Kier alpha value is -0.120. The molecule has 1 aliphatic rings. The Bertz CT molecular complexity index is 162. The zero-order valence-corrected chi connectivity index (χ0v) is 9.85. The van der Waals surface area contributed by atoms with Gasteiger partial charge in [0.05, 0.1) is 19.3 Å². The average molecular weight is 216 g/mol. The zero-order valence-electron chi connectivity index (χ0n) is 9.85. The van der Waals surface area contributed by atoms with Crippen LogP contribution in [0, 0.1) is 11.8 Å². The molecule has 0 aliphatic heterocycles. The molecule has 0 aromatic rings. The fourth-order valence-electron chi connectivity index (χ4n) is 2.22. The molecule has 1 atom stereocenters. The van der Waals surface area contributed by atoms with Crippen LogP contribution < -0.4 is 0 Å². The van der Waals surface area contributed by atoms with Crippen molar-refractivity contribution in [2.45, 2.75) is 51.7 Å². The summed E-state index contributed by atoms with van der Waals surface area (Å²) >= 11 is 0. The van der Waals surface area contributed by atoms with Crippen LogP contribution in [0.3, 0.4) is 0 Å². The summed E-state index contributed by atoms with van der Waals surface area (Å²) in [5.41, 5.74) is 0. The predicted octanol–water partition coefficient (Wildman–Crippen LogP) is 1.57. The summed E-state index contributed by atoms with van der Waals surface area (Å²) in [7, 11) is 0. The zero-order chi connectivity index (χ0) is 11.3. The largest absolute Gasteiger partial charge is 0.394 e. The van der Waals surface area contributed by atoms with Crippen molar-refractivity contribution in [1.29, 1.82) is 0 Å². The first-order chi connectivity index (χ1) is 7.13. The van der Waals surface area contributed by atoms with Gasteiger partial charge in [0, 0.05) is 0 Å². The van der Waals surface area contributed by atoms with Crippen molar-refractivity contribution in [3.63, 3.8) is 0 Å². The first-order valence-electron chi connectivity index (χ1n) is 6.04. The van der Waals surface area contributed by atoms with Crippen molar-refractivity contribution < 1.29 is 14.9 Å². The van der Waals surface area contributed by atoms with Crippen LogP contribution in [0.2, 0.25) is 0 Å². The smallest absolute Gasteiger partial charge is 0.100 e. The summed E-state index contributed by atoms with van der Waals surface area (Å²) < 4.78 is 5.55. The predicted molar refractivity (Wildman–Crippen MR) is 59.6 cm³/mol. The average Bonchev–Trinajstić information content (AvgIpc) is 2.26. The van der Waals surface area contributed by atoms with Crippen molar-refractivity contribution in [2.75, 3.05) is 13.2 Å². The SMILES string of the molecule is CC(C)C1CCC(OCC(O)CO)CC1. The van der Waals surface area contributed by atoms with E-state index in [0.717, 1.165) is 24.7 Å². The Morgan fingerprint density at radius 2 is 1.80 bits per heavy atom. The maximum atomic E-state index is 9.15. The van der Waals surface area contributed by atoms with Crippen molar-refractivity contribution in [2.24, 2.45) is 11.8 Å². The molecule has 0 aromatic heterocycles. The van der Waals surface area contributed by atoms with Crippen molar-refractivity contribution in [1.82, 2.24) is 0 Å². The first kappa shape index (κ1) is 12.9. The summed E-state index contributed by atoms with van der Waals surface area (Å²) in [5, 5.41) is 17.8. The Labute approximate surface area is 92.4 Å². The fraction of sp³-hybridized carbons (Fsp3) is 1.00. The summed E-state index contributed by atoms with van der Waals surface area (Å²) in [6, 6.07) is 0. The highest BCUT2D eigenvalue weighted by atomic mass is 16.5. The van der Waals surface area contributed by atoms with Crippen molar-refractivity contribution in [3.8, 4) is 0 Å². The van der Waals surface area contributed by atoms with E-state index in [-0.39, 0.29) is 13.2 Å². The quantitative estimate of drug-likeness (QED) is 0.733. The molecule has 0 saturated heterocycles. The standard InChI is InChI=1S/C12H24O3/c1-9(2)10-3-5-12(6-4-10)15-8-11(14)7-13/h9-14H,3-8H2,1-2H3. The molecule has 1 unspecified atom stereocenters. The maximum Gasteiger partial charge on any atom is 0.100 e. The molecule has 1 rings (SSSR count). The number of aliphatic hydroxyl groups excluding tert-OH is 2. The lowest BCUT2D eigenvalue weighted by Crippen LogP contribution is -2.28. The van der Waals surface area contributed by atoms with Gasteiger partial charge in [0.1, 0.15) is 6.10 Å². The van der Waals surface area contributed by atoms with E-state index in [1.807, 2.05) is 0 Å². The molecule has 0 radical (unpaired) electrons. The molecule has 1 saturated carbocycles. The summed E-state index contributed by atoms with van der Waals surface area (Å²) in [5.74, 6) is 1.61. The summed E-state index contributed by atoms with van der Waals surface area (Å²) in [6.07, 6.45) is 4.24. The normalized spacial score (nSPS) is 29.4. The Kier molecular flexibility index (Phi) is 5.58. The number of hydrogen-bond donors (Lipinski definition) is 2. The van der Waals surface area contributed by atoms with E-state index in [0.29, 0.717) is 6.10 Å². The van der Waals surface area contributed by atoms with Gasteiger partial charge in [-0.3, -0.25) is 0 Å². The van der Waals surface area contributed by atoms with Crippen LogP contribution in [-0.4, -0.2) is 35.6 Å². The minimum absolute atomic E-state index is 0.207. The van der Waals surface area contributed by atoms with Gasteiger partial charge in [-0.25, -0.2) is 0 Å². The molecule has 2 N–H and O–H groups in total. The summed E-state index contributed by atoms with van der Waals surface area (Å²) in [4.78, 5) is 0. The van der Waals surface area contributed by atoms with Gasteiger partial charge in [0.25, 0.3) is 0 Å². The highest BCUT2D eigenvalue weighted by molar-refractivity contribution is 4.75. The highest BCUT2D eigenvalue weighted by Gasteiger charge is 2.23. The number of aliphatic hydroxyl groups is 2. The van der Waals surface area contributed by atoms with Crippen molar-refractivity contribution >= 4 is 0 Å². The molecule has 3 heteroatoms. The molecule has 1 fully saturated rings. The lowest BCUT2D eigenvalue weighted by atomic mass is 9.80. The third kappa shape index (κ3) is 4.49. The molecule has 0 amide bonds. The topological polar surface area (TPSA) is 49.7 Å². The highest BCUT2D eigenvalue weighted by Crippen LogP contribution is 2.31. The Morgan fingerprint density at radius 3 is 2.27 bits per heavy atom. The number of ether oxygens (including phenoxy) is 1. The lowest BCUT2D eigenvalue weighted by molar-refractivity contribution is -0.0461. The Balaban J connectivity index is 2.14. The molecule has 1 aliphatic carbocycles. The van der Waals surface area contributed by atoms with Gasteiger partial charge in [0.2, 0.25) is 0 Å². The number of rotatable bonds is 5. The molecule has 0 heterocycles. The van der Waals surface area contributed by atoms with Gasteiger partial charge < -0.3 is 14.9 Å². The molecular weight excluding hydrogens is 192 g/mol. The van der Waals surface area contributed by atoms with Gasteiger partial charge in [-0.2, -0.15) is 0 Å².